The standard InChI is InChI=1S/C9H8ClN3O3/c10-6(8(14)15)5-13-9(16)12-4-2-1-3-7(12)11-13/h1-4,6H,5H2,(H,14,15). The zero-order valence-corrected chi connectivity index (χ0v) is 8.83. The second-order valence-corrected chi connectivity index (χ2v) is 3.73. The lowest BCUT2D eigenvalue weighted by atomic mass is 10.4. The molecule has 0 saturated heterocycles. The van der Waals surface area contributed by atoms with Crippen molar-refractivity contribution < 1.29 is 9.90 Å². The maximum Gasteiger partial charge on any atom is 0.350 e. The minimum absolute atomic E-state index is 0.155. The molecule has 16 heavy (non-hydrogen) atoms. The molecule has 0 aliphatic rings. The molecule has 0 aliphatic heterocycles. The quantitative estimate of drug-likeness (QED) is 0.779. The molecular weight excluding hydrogens is 234 g/mol. The van der Waals surface area contributed by atoms with Gasteiger partial charge in [0.1, 0.15) is 0 Å². The third kappa shape index (κ3) is 1.79. The SMILES string of the molecule is O=C(O)C(Cl)Cn1nc2ccccn2c1=O. The van der Waals surface area contributed by atoms with Crippen molar-refractivity contribution in [2.45, 2.75) is 11.9 Å². The van der Waals surface area contributed by atoms with Crippen molar-refractivity contribution in [1.29, 1.82) is 0 Å². The summed E-state index contributed by atoms with van der Waals surface area (Å²) in [6, 6.07) is 5.08. The molecule has 1 N–H and O–H groups in total. The number of carboxylic acids is 1. The summed E-state index contributed by atoms with van der Waals surface area (Å²) >= 11 is 5.54. The van der Waals surface area contributed by atoms with Crippen LogP contribution in [0.15, 0.2) is 29.2 Å². The lowest BCUT2D eigenvalue weighted by molar-refractivity contribution is -0.136. The van der Waals surface area contributed by atoms with E-state index in [2.05, 4.69) is 5.10 Å². The first kappa shape index (κ1) is 10.7. The summed E-state index contributed by atoms with van der Waals surface area (Å²) in [4.78, 5) is 22.2. The molecule has 2 heterocycles. The number of pyridine rings is 1. The van der Waals surface area contributed by atoms with Gasteiger partial charge >= 0.3 is 11.7 Å². The Labute approximate surface area is 94.7 Å². The van der Waals surface area contributed by atoms with Crippen LogP contribution in [0.1, 0.15) is 0 Å². The molecule has 0 saturated carbocycles. The molecule has 0 bridgehead atoms. The Morgan fingerprint density at radius 3 is 2.94 bits per heavy atom. The highest BCUT2D eigenvalue weighted by molar-refractivity contribution is 6.29. The summed E-state index contributed by atoms with van der Waals surface area (Å²) in [7, 11) is 0. The number of carboxylic acid groups (broad SMARTS) is 1. The van der Waals surface area contributed by atoms with E-state index in [0.717, 1.165) is 4.68 Å². The van der Waals surface area contributed by atoms with E-state index in [-0.39, 0.29) is 6.54 Å². The Morgan fingerprint density at radius 2 is 2.31 bits per heavy atom. The Hall–Kier alpha value is -1.82. The van der Waals surface area contributed by atoms with E-state index in [1.165, 1.54) is 4.40 Å². The van der Waals surface area contributed by atoms with Crippen molar-refractivity contribution in [3.8, 4) is 0 Å². The number of nitrogens with zero attached hydrogens (tertiary/aromatic N) is 3. The minimum Gasteiger partial charge on any atom is -0.480 e. The molecule has 0 amide bonds. The van der Waals surface area contributed by atoms with Gasteiger partial charge in [0.2, 0.25) is 0 Å². The predicted molar refractivity (Wildman–Crippen MR) is 56.7 cm³/mol. The van der Waals surface area contributed by atoms with Crippen molar-refractivity contribution >= 4 is 23.2 Å². The second kappa shape index (κ2) is 3.97. The van der Waals surface area contributed by atoms with Crippen molar-refractivity contribution in [2.75, 3.05) is 0 Å². The average Bonchev–Trinajstić information content (AvgIpc) is 2.56. The Bertz CT molecular complexity index is 589. The largest absolute Gasteiger partial charge is 0.480 e. The molecule has 0 spiro atoms. The lowest BCUT2D eigenvalue weighted by Gasteiger charge is -2.01. The topological polar surface area (TPSA) is 76.6 Å². The number of rotatable bonds is 3. The van der Waals surface area contributed by atoms with Crippen LogP contribution in [0.2, 0.25) is 0 Å². The number of hydrogen-bond donors (Lipinski definition) is 1. The number of hydrogen-bond acceptors (Lipinski definition) is 3. The highest BCUT2D eigenvalue weighted by Gasteiger charge is 2.17. The van der Waals surface area contributed by atoms with Gasteiger partial charge in [-0.25, -0.2) is 9.48 Å². The minimum atomic E-state index is -1.18. The fourth-order valence-corrected chi connectivity index (χ4v) is 1.45. The van der Waals surface area contributed by atoms with Crippen LogP contribution in [-0.2, 0) is 11.3 Å². The third-order valence-corrected chi connectivity index (χ3v) is 2.41. The summed E-state index contributed by atoms with van der Waals surface area (Å²) in [6.07, 6.45) is 1.56. The van der Waals surface area contributed by atoms with E-state index in [0.29, 0.717) is 5.65 Å². The van der Waals surface area contributed by atoms with Gasteiger partial charge in [-0.3, -0.25) is 9.20 Å². The molecule has 0 aromatic carbocycles. The molecule has 84 valence electrons. The van der Waals surface area contributed by atoms with Gasteiger partial charge in [-0.1, -0.05) is 6.07 Å². The maximum atomic E-state index is 11.7. The maximum absolute atomic E-state index is 11.7. The van der Waals surface area contributed by atoms with Crippen LogP contribution in [0.4, 0.5) is 0 Å². The number of carbonyl (C=O) groups is 1. The lowest BCUT2D eigenvalue weighted by Crippen LogP contribution is -2.28. The second-order valence-electron chi connectivity index (χ2n) is 3.20. The fourth-order valence-electron chi connectivity index (χ4n) is 1.32. The number of fused-ring (bicyclic) bond motifs is 1. The van der Waals surface area contributed by atoms with Gasteiger partial charge in [0, 0.05) is 6.20 Å². The van der Waals surface area contributed by atoms with Gasteiger partial charge in [-0.2, -0.15) is 0 Å². The number of halogens is 1. The van der Waals surface area contributed by atoms with Crippen molar-refractivity contribution in [2.24, 2.45) is 0 Å². The first-order valence-corrected chi connectivity index (χ1v) is 4.94. The highest BCUT2D eigenvalue weighted by atomic mass is 35.5. The monoisotopic (exact) mass is 241 g/mol. The highest BCUT2D eigenvalue weighted by Crippen LogP contribution is 2.00. The first-order valence-electron chi connectivity index (χ1n) is 4.50. The molecule has 2 rings (SSSR count). The van der Waals surface area contributed by atoms with Crippen molar-refractivity contribution in [1.82, 2.24) is 14.2 Å². The van der Waals surface area contributed by atoms with Gasteiger partial charge in [-0.15, -0.1) is 16.7 Å². The van der Waals surface area contributed by atoms with Gasteiger partial charge in [0.15, 0.2) is 11.0 Å². The van der Waals surface area contributed by atoms with Crippen LogP contribution in [-0.4, -0.2) is 30.6 Å². The molecule has 2 aromatic heterocycles. The summed E-state index contributed by atoms with van der Waals surface area (Å²) in [5, 5.41) is 11.4. The van der Waals surface area contributed by atoms with Crippen LogP contribution < -0.4 is 5.69 Å². The van der Waals surface area contributed by atoms with E-state index in [1.54, 1.807) is 24.4 Å². The Kier molecular flexibility index (Phi) is 2.66. The number of aromatic nitrogens is 3. The summed E-state index contributed by atoms with van der Waals surface area (Å²) in [5.41, 5.74) is 0.0595. The molecule has 2 aromatic rings. The number of alkyl halides is 1. The summed E-state index contributed by atoms with van der Waals surface area (Å²) in [5.74, 6) is -1.18. The van der Waals surface area contributed by atoms with E-state index in [4.69, 9.17) is 16.7 Å². The molecule has 6 nitrogen and oxygen atoms in total. The molecule has 1 unspecified atom stereocenters. The van der Waals surface area contributed by atoms with Crippen molar-refractivity contribution in [3.63, 3.8) is 0 Å². The van der Waals surface area contributed by atoms with Gasteiger partial charge in [0.05, 0.1) is 6.54 Å². The molecular formula is C9H8ClN3O3. The molecule has 7 heteroatoms. The van der Waals surface area contributed by atoms with Crippen LogP contribution in [0.25, 0.3) is 5.65 Å². The zero-order valence-electron chi connectivity index (χ0n) is 8.08. The predicted octanol–water partition coefficient (Wildman–Crippen LogP) is 0.188. The van der Waals surface area contributed by atoms with Crippen LogP contribution in [0.5, 0.6) is 0 Å². The zero-order chi connectivity index (χ0) is 11.7. The third-order valence-electron chi connectivity index (χ3n) is 2.09. The number of aliphatic carboxylic acids is 1. The Balaban J connectivity index is 2.42. The van der Waals surface area contributed by atoms with Gasteiger partial charge < -0.3 is 5.11 Å². The fraction of sp³-hybridized carbons (Fsp3) is 0.222. The van der Waals surface area contributed by atoms with Gasteiger partial charge in [0.25, 0.3) is 0 Å². The normalized spacial score (nSPS) is 12.8. The van der Waals surface area contributed by atoms with E-state index in [9.17, 15) is 9.59 Å². The summed E-state index contributed by atoms with van der Waals surface area (Å²) < 4.78 is 2.37. The van der Waals surface area contributed by atoms with Gasteiger partial charge in [-0.05, 0) is 12.1 Å². The Morgan fingerprint density at radius 1 is 1.56 bits per heavy atom. The molecule has 0 aliphatic carbocycles. The average molecular weight is 242 g/mol. The van der Waals surface area contributed by atoms with Crippen LogP contribution in [0.3, 0.4) is 0 Å². The molecule has 0 radical (unpaired) electrons. The van der Waals surface area contributed by atoms with Crippen LogP contribution in [0, 0.1) is 0 Å². The van der Waals surface area contributed by atoms with E-state index >= 15 is 0 Å². The van der Waals surface area contributed by atoms with E-state index in [1.807, 2.05) is 0 Å². The first-order chi connectivity index (χ1) is 7.59. The van der Waals surface area contributed by atoms with Crippen LogP contribution >= 0.6 is 11.6 Å². The molecule has 0 fully saturated rings. The van der Waals surface area contributed by atoms with Crippen molar-refractivity contribution in [3.05, 3.63) is 34.9 Å². The summed E-state index contributed by atoms with van der Waals surface area (Å²) in [6.45, 7) is -0.155. The molecule has 1 atom stereocenters. The smallest absolute Gasteiger partial charge is 0.350 e. The van der Waals surface area contributed by atoms with E-state index < -0.39 is 17.0 Å².